The Morgan fingerprint density at radius 3 is 2.21 bits per heavy atom. The van der Waals surface area contributed by atoms with Gasteiger partial charge in [0, 0.05) is 25.8 Å². The smallest absolute Gasteiger partial charge is 0.0337 e. The summed E-state index contributed by atoms with van der Waals surface area (Å²) in [6.07, 6.45) is 1.10. The van der Waals surface area contributed by atoms with Crippen molar-refractivity contribution < 1.29 is 0 Å². The molecule has 0 aromatic heterocycles. The van der Waals surface area contributed by atoms with Crippen molar-refractivity contribution >= 4 is 5.69 Å². The number of rotatable bonds is 6. The van der Waals surface area contributed by atoms with Gasteiger partial charge >= 0.3 is 0 Å². The van der Waals surface area contributed by atoms with Crippen molar-refractivity contribution in [2.24, 2.45) is 0 Å². The molecule has 0 atom stereocenters. The molecule has 2 aromatic rings. The molecule has 100 valence electrons. The highest BCUT2D eigenvalue weighted by Crippen LogP contribution is 2.10. The molecule has 0 heterocycles. The number of nitrogens with zero attached hydrogens (tertiary/aromatic N) is 1. The standard InChI is InChI=1S/C17H22N2/c1-18-17-10-8-16(9-11-17)14-19(2)13-12-15-6-4-3-5-7-15/h3-11,18H,12-14H2,1-2H3. The first-order valence-electron chi connectivity index (χ1n) is 6.77. The van der Waals surface area contributed by atoms with Crippen molar-refractivity contribution in [3.8, 4) is 0 Å². The van der Waals surface area contributed by atoms with Crippen LogP contribution in [0.5, 0.6) is 0 Å². The fraction of sp³-hybridized carbons (Fsp3) is 0.294. The van der Waals surface area contributed by atoms with Crippen LogP contribution in [-0.4, -0.2) is 25.5 Å². The average molecular weight is 254 g/mol. The summed E-state index contributed by atoms with van der Waals surface area (Å²) in [5, 5.41) is 3.14. The molecular formula is C17H22N2. The van der Waals surface area contributed by atoms with Crippen LogP contribution in [0, 0.1) is 0 Å². The molecule has 0 amide bonds. The molecule has 2 heteroatoms. The fourth-order valence-electron chi connectivity index (χ4n) is 2.13. The molecule has 2 nitrogen and oxygen atoms in total. The Morgan fingerprint density at radius 1 is 0.895 bits per heavy atom. The molecule has 0 saturated heterocycles. The lowest BCUT2D eigenvalue weighted by Crippen LogP contribution is -2.20. The maximum absolute atomic E-state index is 3.14. The van der Waals surface area contributed by atoms with Crippen molar-refractivity contribution in [1.29, 1.82) is 0 Å². The van der Waals surface area contributed by atoms with E-state index in [1.165, 1.54) is 11.1 Å². The third-order valence-electron chi connectivity index (χ3n) is 3.32. The molecule has 1 N–H and O–H groups in total. The second-order valence-corrected chi connectivity index (χ2v) is 4.92. The highest BCUT2D eigenvalue weighted by molar-refractivity contribution is 5.43. The molecule has 0 spiro atoms. The van der Waals surface area contributed by atoms with Crippen LogP contribution in [0.3, 0.4) is 0 Å². The minimum atomic E-state index is 0.997. The Labute approximate surface area is 116 Å². The highest BCUT2D eigenvalue weighted by atomic mass is 15.1. The molecule has 2 rings (SSSR count). The van der Waals surface area contributed by atoms with Crippen molar-refractivity contribution in [1.82, 2.24) is 4.90 Å². The highest BCUT2D eigenvalue weighted by Gasteiger charge is 2.01. The van der Waals surface area contributed by atoms with Crippen LogP contribution in [0.4, 0.5) is 5.69 Å². The molecule has 0 aliphatic heterocycles. The van der Waals surface area contributed by atoms with E-state index in [0.717, 1.165) is 25.2 Å². The predicted octanol–water partition coefficient (Wildman–Crippen LogP) is 3.40. The van der Waals surface area contributed by atoms with Gasteiger partial charge in [0.2, 0.25) is 0 Å². The van der Waals surface area contributed by atoms with E-state index in [1.54, 1.807) is 0 Å². The van der Waals surface area contributed by atoms with Crippen LogP contribution in [0.2, 0.25) is 0 Å². The van der Waals surface area contributed by atoms with Gasteiger partial charge in [0.1, 0.15) is 0 Å². The summed E-state index contributed by atoms with van der Waals surface area (Å²) in [5.41, 5.74) is 3.92. The van der Waals surface area contributed by atoms with E-state index in [1.807, 2.05) is 7.05 Å². The van der Waals surface area contributed by atoms with E-state index >= 15 is 0 Å². The molecule has 0 aliphatic rings. The van der Waals surface area contributed by atoms with Crippen LogP contribution in [-0.2, 0) is 13.0 Å². The van der Waals surface area contributed by atoms with Gasteiger partial charge in [0.15, 0.2) is 0 Å². The van der Waals surface area contributed by atoms with E-state index < -0.39 is 0 Å². The fourth-order valence-corrected chi connectivity index (χ4v) is 2.13. The van der Waals surface area contributed by atoms with Crippen LogP contribution < -0.4 is 5.32 Å². The zero-order valence-electron chi connectivity index (χ0n) is 11.8. The minimum Gasteiger partial charge on any atom is -0.388 e. The lowest BCUT2D eigenvalue weighted by Gasteiger charge is -2.17. The normalized spacial score (nSPS) is 10.7. The molecule has 0 unspecified atom stereocenters. The van der Waals surface area contributed by atoms with Gasteiger partial charge in [-0.05, 0) is 36.7 Å². The summed E-state index contributed by atoms with van der Waals surface area (Å²) < 4.78 is 0. The Morgan fingerprint density at radius 2 is 1.58 bits per heavy atom. The number of hydrogen-bond acceptors (Lipinski definition) is 2. The first-order chi connectivity index (χ1) is 9.28. The van der Waals surface area contributed by atoms with Gasteiger partial charge in [0.25, 0.3) is 0 Å². The Bertz CT molecular complexity index is 476. The lowest BCUT2D eigenvalue weighted by molar-refractivity contribution is 0.331. The maximum Gasteiger partial charge on any atom is 0.0337 e. The Kier molecular flexibility index (Phi) is 4.99. The SMILES string of the molecule is CNc1ccc(CN(C)CCc2ccccc2)cc1. The van der Waals surface area contributed by atoms with Crippen LogP contribution in [0.25, 0.3) is 0 Å². The van der Waals surface area contributed by atoms with E-state index in [4.69, 9.17) is 0 Å². The molecular weight excluding hydrogens is 232 g/mol. The third kappa shape index (κ3) is 4.42. The zero-order chi connectivity index (χ0) is 13.5. The van der Waals surface area contributed by atoms with Crippen molar-refractivity contribution in [3.05, 3.63) is 65.7 Å². The van der Waals surface area contributed by atoms with Crippen molar-refractivity contribution in [2.75, 3.05) is 26.0 Å². The van der Waals surface area contributed by atoms with Crippen molar-refractivity contribution in [3.63, 3.8) is 0 Å². The predicted molar refractivity (Wildman–Crippen MR) is 82.5 cm³/mol. The number of likely N-dealkylation sites (N-methyl/N-ethyl adjacent to an activating group) is 1. The summed E-state index contributed by atoms with van der Waals surface area (Å²) in [5.74, 6) is 0. The summed E-state index contributed by atoms with van der Waals surface area (Å²) in [6.45, 7) is 2.08. The van der Waals surface area contributed by atoms with Crippen LogP contribution in [0.15, 0.2) is 54.6 Å². The number of benzene rings is 2. The van der Waals surface area contributed by atoms with Gasteiger partial charge < -0.3 is 10.2 Å². The van der Waals surface area contributed by atoms with E-state index in [2.05, 4.69) is 71.9 Å². The van der Waals surface area contributed by atoms with Gasteiger partial charge in [-0.2, -0.15) is 0 Å². The maximum atomic E-state index is 3.14. The molecule has 2 aromatic carbocycles. The van der Waals surface area contributed by atoms with E-state index in [0.29, 0.717) is 0 Å². The van der Waals surface area contributed by atoms with Gasteiger partial charge in [-0.15, -0.1) is 0 Å². The quantitative estimate of drug-likeness (QED) is 0.850. The largest absolute Gasteiger partial charge is 0.388 e. The molecule has 0 aliphatic carbocycles. The first-order valence-corrected chi connectivity index (χ1v) is 6.77. The summed E-state index contributed by atoms with van der Waals surface area (Å²) in [4.78, 5) is 2.36. The third-order valence-corrected chi connectivity index (χ3v) is 3.32. The number of nitrogens with one attached hydrogen (secondary N) is 1. The Balaban J connectivity index is 1.82. The Hall–Kier alpha value is -1.80. The summed E-state index contributed by atoms with van der Waals surface area (Å²) >= 11 is 0. The average Bonchev–Trinajstić information content (AvgIpc) is 2.47. The second-order valence-electron chi connectivity index (χ2n) is 4.92. The molecule has 0 saturated carbocycles. The van der Waals surface area contributed by atoms with E-state index in [-0.39, 0.29) is 0 Å². The van der Waals surface area contributed by atoms with Crippen LogP contribution in [0.1, 0.15) is 11.1 Å². The van der Waals surface area contributed by atoms with Gasteiger partial charge in [-0.3, -0.25) is 0 Å². The topological polar surface area (TPSA) is 15.3 Å². The number of anilines is 1. The zero-order valence-corrected chi connectivity index (χ0v) is 11.8. The van der Waals surface area contributed by atoms with E-state index in [9.17, 15) is 0 Å². The molecule has 0 fully saturated rings. The monoisotopic (exact) mass is 254 g/mol. The lowest BCUT2D eigenvalue weighted by atomic mass is 10.1. The molecule has 0 radical (unpaired) electrons. The second kappa shape index (κ2) is 6.95. The molecule has 19 heavy (non-hydrogen) atoms. The first kappa shape index (κ1) is 13.6. The number of hydrogen-bond donors (Lipinski definition) is 1. The van der Waals surface area contributed by atoms with Crippen molar-refractivity contribution in [2.45, 2.75) is 13.0 Å². The van der Waals surface area contributed by atoms with Gasteiger partial charge in [-0.1, -0.05) is 42.5 Å². The van der Waals surface area contributed by atoms with Crippen LogP contribution >= 0.6 is 0 Å². The summed E-state index contributed by atoms with van der Waals surface area (Å²) in [6, 6.07) is 19.3. The molecule has 0 bridgehead atoms. The van der Waals surface area contributed by atoms with Gasteiger partial charge in [-0.25, -0.2) is 0 Å². The summed E-state index contributed by atoms with van der Waals surface area (Å²) in [7, 11) is 4.12. The van der Waals surface area contributed by atoms with Gasteiger partial charge in [0.05, 0.1) is 0 Å². The minimum absolute atomic E-state index is 0.997.